The molecule has 1 saturated heterocycles. The van der Waals surface area contributed by atoms with Gasteiger partial charge in [-0.2, -0.15) is 0 Å². The Balaban J connectivity index is 1.66. The topological polar surface area (TPSA) is 84.7 Å². The summed E-state index contributed by atoms with van der Waals surface area (Å²) < 4.78 is 10.3. The third-order valence-electron chi connectivity index (χ3n) is 4.53. The van der Waals surface area contributed by atoms with E-state index in [1.807, 2.05) is 4.90 Å². The van der Waals surface area contributed by atoms with Crippen LogP contribution in [0.15, 0.2) is 4.52 Å². The second-order valence-electron chi connectivity index (χ2n) is 6.18. The first-order valence-electron chi connectivity index (χ1n) is 8.24. The van der Waals surface area contributed by atoms with Gasteiger partial charge < -0.3 is 19.5 Å². The predicted octanol–water partition coefficient (Wildman–Crippen LogP) is 0.921. The largest absolute Gasteiger partial charge is 0.384 e. The van der Waals surface area contributed by atoms with Gasteiger partial charge in [-0.15, -0.1) is 0 Å². The molecule has 1 aromatic heterocycles. The van der Waals surface area contributed by atoms with Crippen molar-refractivity contribution >= 4 is 11.8 Å². The molecule has 2 heterocycles. The van der Waals surface area contributed by atoms with Crippen LogP contribution < -0.4 is 5.32 Å². The van der Waals surface area contributed by atoms with Gasteiger partial charge in [-0.25, -0.2) is 0 Å². The molecule has 1 unspecified atom stereocenters. The maximum atomic E-state index is 12.5. The van der Waals surface area contributed by atoms with Crippen LogP contribution in [0.5, 0.6) is 0 Å². The van der Waals surface area contributed by atoms with Gasteiger partial charge in [0.15, 0.2) is 5.69 Å². The fourth-order valence-corrected chi connectivity index (χ4v) is 3.26. The molecule has 2 amide bonds. The van der Waals surface area contributed by atoms with Gasteiger partial charge in [0.25, 0.3) is 5.91 Å². The molecule has 1 N–H and O–H groups in total. The fraction of sp³-hybridized carbons (Fsp3) is 0.688. The first kappa shape index (κ1) is 16.0. The summed E-state index contributed by atoms with van der Waals surface area (Å²) in [5.74, 6) is 0.720. The standard InChI is InChI=1S/C16H23N3O4/c1-22-9-6-14(20)17-11-4-5-13-12(10-11)15(18-23-13)16(21)19-7-2-3-8-19/h11H,2-10H2,1H3,(H,17,20). The lowest BCUT2D eigenvalue weighted by Crippen LogP contribution is -2.39. The molecule has 3 rings (SSSR count). The van der Waals surface area contributed by atoms with Crippen molar-refractivity contribution in [1.82, 2.24) is 15.4 Å². The molecule has 7 heteroatoms. The van der Waals surface area contributed by atoms with E-state index in [1.54, 1.807) is 7.11 Å². The average molecular weight is 321 g/mol. The monoisotopic (exact) mass is 321 g/mol. The SMILES string of the molecule is COCCC(=O)NC1CCc2onc(C(=O)N3CCCC3)c2C1. The van der Waals surface area contributed by atoms with Crippen molar-refractivity contribution < 1.29 is 18.8 Å². The number of likely N-dealkylation sites (tertiary alicyclic amines) is 1. The van der Waals surface area contributed by atoms with Crippen molar-refractivity contribution in [3.05, 3.63) is 17.0 Å². The highest BCUT2D eigenvalue weighted by Crippen LogP contribution is 2.26. The number of carbonyl (C=O) groups is 2. The summed E-state index contributed by atoms with van der Waals surface area (Å²) in [6.45, 7) is 1.99. The minimum atomic E-state index is -0.0427. The van der Waals surface area contributed by atoms with Crippen molar-refractivity contribution in [3.8, 4) is 0 Å². The van der Waals surface area contributed by atoms with Gasteiger partial charge in [-0.3, -0.25) is 9.59 Å². The van der Waals surface area contributed by atoms with Gasteiger partial charge in [0.1, 0.15) is 5.76 Å². The quantitative estimate of drug-likeness (QED) is 0.872. The van der Waals surface area contributed by atoms with Crippen LogP contribution in [-0.2, 0) is 22.4 Å². The Morgan fingerprint density at radius 3 is 2.91 bits per heavy atom. The van der Waals surface area contributed by atoms with Crippen molar-refractivity contribution in [2.75, 3.05) is 26.8 Å². The summed E-state index contributed by atoms with van der Waals surface area (Å²) in [6.07, 6.45) is 4.55. The maximum Gasteiger partial charge on any atom is 0.276 e. The molecule has 0 saturated carbocycles. The van der Waals surface area contributed by atoms with E-state index in [1.165, 1.54) is 0 Å². The van der Waals surface area contributed by atoms with Gasteiger partial charge in [0.2, 0.25) is 5.91 Å². The number of amides is 2. The van der Waals surface area contributed by atoms with E-state index in [4.69, 9.17) is 9.26 Å². The Hall–Kier alpha value is -1.89. The van der Waals surface area contributed by atoms with E-state index in [9.17, 15) is 9.59 Å². The first-order chi connectivity index (χ1) is 11.2. The van der Waals surface area contributed by atoms with Crippen molar-refractivity contribution in [3.63, 3.8) is 0 Å². The number of nitrogens with one attached hydrogen (secondary N) is 1. The Labute approximate surface area is 135 Å². The smallest absolute Gasteiger partial charge is 0.276 e. The van der Waals surface area contributed by atoms with Crippen LogP contribution >= 0.6 is 0 Å². The van der Waals surface area contributed by atoms with Crippen LogP contribution in [-0.4, -0.2) is 54.7 Å². The van der Waals surface area contributed by atoms with E-state index in [2.05, 4.69) is 10.5 Å². The van der Waals surface area contributed by atoms with E-state index in [0.29, 0.717) is 31.6 Å². The number of ether oxygens (including phenoxy) is 1. The highest BCUT2D eigenvalue weighted by Gasteiger charge is 2.32. The lowest BCUT2D eigenvalue weighted by atomic mass is 9.91. The molecule has 1 fully saturated rings. The van der Waals surface area contributed by atoms with E-state index in [0.717, 1.165) is 43.7 Å². The van der Waals surface area contributed by atoms with Crippen LogP contribution in [0, 0.1) is 0 Å². The summed E-state index contributed by atoms with van der Waals surface area (Å²) in [5.41, 5.74) is 1.29. The zero-order valence-corrected chi connectivity index (χ0v) is 13.5. The lowest BCUT2D eigenvalue weighted by Gasteiger charge is -2.23. The van der Waals surface area contributed by atoms with E-state index in [-0.39, 0.29) is 17.9 Å². The van der Waals surface area contributed by atoms with Gasteiger partial charge in [0.05, 0.1) is 6.61 Å². The third-order valence-corrected chi connectivity index (χ3v) is 4.53. The maximum absolute atomic E-state index is 12.5. The van der Waals surface area contributed by atoms with Gasteiger partial charge in [-0.05, 0) is 25.7 Å². The molecule has 0 radical (unpaired) electrons. The lowest BCUT2D eigenvalue weighted by molar-refractivity contribution is -0.122. The molecule has 7 nitrogen and oxygen atoms in total. The summed E-state index contributed by atoms with van der Waals surface area (Å²) in [6, 6.07) is 0.0244. The summed E-state index contributed by atoms with van der Waals surface area (Å²) in [5, 5.41) is 7.01. The number of rotatable bonds is 5. The fourth-order valence-electron chi connectivity index (χ4n) is 3.26. The van der Waals surface area contributed by atoms with Crippen LogP contribution in [0.3, 0.4) is 0 Å². The number of methoxy groups -OCH3 is 1. The molecule has 1 aromatic rings. The molecule has 2 aliphatic rings. The minimum Gasteiger partial charge on any atom is -0.384 e. The number of nitrogens with zero attached hydrogens (tertiary/aromatic N) is 2. The molecular weight excluding hydrogens is 298 g/mol. The van der Waals surface area contributed by atoms with Crippen LogP contribution in [0.25, 0.3) is 0 Å². The molecule has 0 spiro atoms. The van der Waals surface area contributed by atoms with Crippen LogP contribution in [0.4, 0.5) is 0 Å². The zero-order chi connectivity index (χ0) is 16.2. The molecule has 0 bridgehead atoms. The number of hydrogen-bond acceptors (Lipinski definition) is 5. The minimum absolute atomic E-state index is 0.0239. The van der Waals surface area contributed by atoms with Crippen molar-refractivity contribution in [1.29, 1.82) is 0 Å². The third kappa shape index (κ3) is 3.55. The summed E-state index contributed by atoms with van der Waals surface area (Å²) >= 11 is 0. The van der Waals surface area contributed by atoms with Crippen molar-refractivity contribution in [2.24, 2.45) is 0 Å². The molecule has 1 aliphatic heterocycles. The van der Waals surface area contributed by atoms with Crippen LogP contribution in [0.2, 0.25) is 0 Å². The number of fused-ring (bicyclic) bond motifs is 1. The predicted molar refractivity (Wildman–Crippen MR) is 82.1 cm³/mol. The van der Waals surface area contributed by atoms with Crippen molar-refractivity contribution in [2.45, 2.75) is 44.6 Å². The van der Waals surface area contributed by atoms with Gasteiger partial charge in [-0.1, -0.05) is 5.16 Å². The number of hydrogen-bond donors (Lipinski definition) is 1. The second-order valence-corrected chi connectivity index (χ2v) is 6.18. The van der Waals surface area contributed by atoms with Gasteiger partial charge in [0, 0.05) is 44.6 Å². The number of carbonyl (C=O) groups excluding carboxylic acids is 2. The van der Waals surface area contributed by atoms with Gasteiger partial charge >= 0.3 is 0 Å². The Kier molecular flexibility index (Phi) is 4.95. The van der Waals surface area contributed by atoms with Crippen LogP contribution in [0.1, 0.15) is 47.5 Å². The second kappa shape index (κ2) is 7.12. The molecule has 1 atom stereocenters. The first-order valence-corrected chi connectivity index (χ1v) is 8.24. The van der Waals surface area contributed by atoms with E-state index < -0.39 is 0 Å². The molecule has 0 aromatic carbocycles. The molecular formula is C16H23N3O4. The molecule has 126 valence electrons. The summed E-state index contributed by atoms with van der Waals surface area (Å²) in [4.78, 5) is 26.2. The normalized spacial score (nSPS) is 20.4. The summed E-state index contributed by atoms with van der Waals surface area (Å²) in [7, 11) is 1.58. The zero-order valence-electron chi connectivity index (χ0n) is 13.5. The highest BCUT2D eigenvalue weighted by molar-refractivity contribution is 5.94. The average Bonchev–Trinajstić information content (AvgIpc) is 3.21. The Morgan fingerprint density at radius 2 is 2.17 bits per heavy atom. The Morgan fingerprint density at radius 1 is 1.39 bits per heavy atom. The number of aromatic nitrogens is 1. The van der Waals surface area contributed by atoms with E-state index >= 15 is 0 Å². The number of aryl methyl sites for hydroxylation is 1. The Bertz CT molecular complexity index is 578. The highest BCUT2D eigenvalue weighted by atomic mass is 16.5. The molecule has 23 heavy (non-hydrogen) atoms. The molecule has 1 aliphatic carbocycles.